The Morgan fingerprint density at radius 1 is 1.47 bits per heavy atom. The number of nitrogens with zero attached hydrogens (tertiary/aromatic N) is 1. The number of fused-ring (bicyclic) bond motifs is 1. The van der Waals surface area contributed by atoms with Crippen LogP contribution in [0.3, 0.4) is 0 Å². The molecule has 0 saturated heterocycles. The van der Waals surface area contributed by atoms with Gasteiger partial charge in [-0.1, -0.05) is 18.2 Å². The molecule has 0 bridgehead atoms. The summed E-state index contributed by atoms with van der Waals surface area (Å²) < 4.78 is 5.19. The summed E-state index contributed by atoms with van der Waals surface area (Å²) in [4.78, 5) is 14.7. The Balaban J connectivity index is 1.94. The predicted molar refractivity (Wildman–Crippen MR) is 60.0 cm³/mol. The molecular weight excluding hydrogens is 220 g/mol. The largest absolute Gasteiger partial charge is 0.476 e. The second-order valence-corrected chi connectivity index (χ2v) is 3.93. The molecule has 2 heterocycles. The van der Waals surface area contributed by atoms with Crippen molar-refractivity contribution in [3.63, 3.8) is 0 Å². The number of benzene rings is 1. The number of para-hydroxylation sites is 1. The number of aromatic carboxylic acids is 1. The zero-order chi connectivity index (χ0) is 11.8. The second-order valence-electron chi connectivity index (χ2n) is 3.93. The van der Waals surface area contributed by atoms with Crippen LogP contribution in [0.1, 0.15) is 27.9 Å². The third-order valence-corrected chi connectivity index (χ3v) is 2.89. The highest BCUT2D eigenvalue weighted by Crippen LogP contribution is 2.34. The molecular formula is C12H10N2O3. The Bertz CT molecular complexity index is 552. The van der Waals surface area contributed by atoms with Gasteiger partial charge in [0, 0.05) is 12.1 Å². The molecule has 17 heavy (non-hydrogen) atoms. The maximum absolute atomic E-state index is 11.0. The van der Waals surface area contributed by atoms with E-state index in [1.54, 1.807) is 0 Å². The molecule has 5 nitrogen and oxygen atoms in total. The van der Waals surface area contributed by atoms with Crippen molar-refractivity contribution in [1.82, 2.24) is 4.98 Å². The molecule has 0 aliphatic carbocycles. The normalized spacial score (nSPS) is 17.5. The fraction of sp³-hybridized carbons (Fsp3) is 0.167. The molecule has 2 N–H and O–H groups in total. The van der Waals surface area contributed by atoms with Crippen LogP contribution in [0, 0.1) is 0 Å². The molecule has 0 fully saturated rings. The first-order chi connectivity index (χ1) is 8.25. The maximum atomic E-state index is 11.0. The van der Waals surface area contributed by atoms with Crippen LogP contribution in [0.2, 0.25) is 0 Å². The number of anilines is 1. The summed E-state index contributed by atoms with van der Waals surface area (Å²) in [6, 6.07) is 7.72. The Morgan fingerprint density at radius 3 is 3.06 bits per heavy atom. The Labute approximate surface area is 97.1 Å². The van der Waals surface area contributed by atoms with E-state index in [0.717, 1.165) is 11.3 Å². The highest BCUT2D eigenvalue weighted by atomic mass is 16.4. The van der Waals surface area contributed by atoms with Gasteiger partial charge in [0.15, 0.2) is 17.8 Å². The predicted octanol–water partition coefficient (Wildman–Crippen LogP) is 2.08. The average Bonchev–Trinajstić information content (AvgIpc) is 2.95. The van der Waals surface area contributed by atoms with Gasteiger partial charge in [0.1, 0.15) is 0 Å². The maximum Gasteiger partial charge on any atom is 0.358 e. The van der Waals surface area contributed by atoms with Crippen LogP contribution in [0.15, 0.2) is 35.1 Å². The van der Waals surface area contributed by atoms with Gasteiger partial charge in [-0.25, -0.2) is 9.78 Å². The number of hydrogen-bond donors (Lipinski definition) is 2. The third-order valence-electron chi connectivity index (χ3n) is 2.89. The lowest BCUT2D eigenvalue weighted by molar-refractivity contribution is 0.0688. The molecule has 1 aromatic carbocycles. The van der Waals surface area contributed by atoms with E-state index in [1.807, 2.05) is 24.3 Å². The fourth-order valence-corrected chi connectivity index (χ4v) is 2.12. The van der Waals surface area contributed by atoms with Crippen molar-refractivity contribution in [3.8, 4) is 0 Å². The first kappa shape index (κ1) is 9.89. The SMILES string of the molecule is O=C(O)c1ncoc1C1Cc2ccccc2N1. The molecule has 1 atom stereocenters. The summed E-state index contributed by atoms with van der Waals surface area (Å²) in [5.74, 6) is -0.680. The van der Waals surface area contributed by atoms with E-state index in [1.165, 1.54) is 6.39 Å². The van der Waals surface area contributed by atoms with Gasteiger partial charge in [0.25, 0.3) is 0 Å². The molecule has 0 radical (unpaired) electrons. The van der Waals surface area contributed by atoms with Crippen LogP contribution in [-0.2, 0) is 6.42 Å². The molecule has 3 rings (SSSR count). The van der Waals surface area contributed by atoms with Gasteiger partial charge in [-0.05, 0) is 11.6 Å². The van der Waals surface area contributed by atoms with Crippen molar-refractivity contribution in [2.24, 2.45) is 0 Å². The van der Waals surface area contributed by atoms with Crippen molar-refractivity contribution < 1.29 is 14.3 Å². The molecule has 5 heteroatoms. The van der Waals surface area contributed by atoms with E-state index in [4.69, 9.17) is 9.52 Å². The van der Waals surface area contributed by atoms with Crippen LogP contribution >= 0.6 is 0 Å². The first-order valence-corrected chi connectivity index (χ1v) is 5.27. The van der Waals surface area contributed by atoms with Crippen LogP contribution in [0.4, 0.5) is 5.69 Å². The lowest BCUT2D eigenvalue weighted by Gasteiger charge is -2.07. The summed E-state index contributed by atoms with van der Waals surface area (Å²) in [6.07, 6.45) is 1.88. The van der Waals surface area contributed by atoms with E-state index < -0.39 is 5.97 Å². The van der Waals surface area contributed by atoms with Crippen molar-refractivity contribution in [1.29, 1.82) is 0 Å². The van der Waals surface area contributed by atoms with Crippen molar-refractivity contribution in [2.45, 2.75) is 12.5 Å². The van der Waals surface area contributed by atoms with E-state index in [-0.39, 0.29) is 11.7 Å². The van der Waals surface area contributed by atoms with E-state index in [9.17, 15) is 4.79 Å². The third kappa shape index (κ3) is 1.56. The number of oxazole rings is 1. The fourth-order valence-electron chi connectivity index (χ4n) is 2.12. The van der Waals surface area contributed by atoms with E-state index in [0.29, 0.717) is 12.2 Å². The van der Waals surface area contributed by atoms with Gasteiger partial charge in [0.05, 0.1) is 6.04 Å². The van der Waals surface area contributed by atoms with Crippen LogP contribution < -0.4 is 5.32 Å². The number of nitrogens with one attached hydrogen (secondary N) is 1. The molecule has 1 aromatic heterocycles. The minimum Gasteiger partial charge on any atom is -0.476 e. The zero-order valence-corrected chi connectivity index (χ0v) is 8.88. The highest BCUT2D eigenvalue weighted by Gasteiger charge is 2.29. The van der Waals surface area contributed by atoms with Gasteiger partial charge in [0.2, 0.25) is 0 Å². The zero-order valence-electron chi connectivity index (χ0n) is 8.88. The number of carboxylic acids is 1. The second kappa shape index (κ2) is 3.62. The molecule has 0 spiro atoms. The first-order valence-electron chi connectivity index (χ1n) is 5.27. The minimum atomic E-state index is -1.06. The highest BCUT2D eigenvalue weighted by molar-refractivity contribution is 5.86. The molecule has 2 aromatic rings. The van der Waals surface area contributed by atoms with Crippen molar-refractivity contribution >= 4 is 11.7 Å². The van der Waals surface area contributed by atoms with E-state index >= 15 is 0 Å². The van der Waals surface area contributed by atoms with Gasteiger partial charge < -0.3 is 14.8 Å². The van der Waals surface area contributed by atoms with Gasteiger partial charge in [-0.2, -0.15) is 0 Å². The van der Waals surface area contributed by atoms with Gasteiger partial charge in [-0.3, -0.25) is 0 Å². The van der Waals surface area contributed by atoms with Crippen LogP contribution in [-0.4, -0.2) is 16.1 Å². The average molecular weight is 230 g/mol. The molecule has 1 aliphatic heterocycles. The van der Waals surface area contributed by atoms with Crippen LogP contribution in [0.25, 0.3) is 0 Å². The quantitative estimate of drug-likeness (QED) is 0.826. The minimum absolute atomic E-state index is 0.0182. The van der Waals surface area contributed by atoms with Crippen LogP contribution in [0.5, 0.6) is 0 Å². The standard InChI is InChI=1S/C12H10N2O3/c15-12(16)10-11(17-6-13-10)9-5-7-3-1-2-4-8(7)14-9/h1-4,6,9,14H,5H2,(H,15,16). The summed E-state index contributed by atoms with van der Waals surface area (Å²) in [5.41, 5.74) is 2.16. The number of rotatable bonds is 2. The number of hydrogen-bond acceptors (Lipinski definition) is 4. The molecule has 1 aliphatic rings. The van der Waals surface area contributed by atoms with Crippen molar-refractivity contribution in [3.05, 3.63) is 47.7 Å². The Hall–Kier alpha value is -2.30. The number of aromatic nitrogens is 1. The molecule has 86 valence electrons. The number of carbonyl (C=O) groups is 1. The summed E-state index contributed by atoms with van der Waals surface area (Å²) in [5, 5.41) is 12.2. The summed E-state index contributed by atoms with van der Waals surface area (Å²) >= 11 is 0. The summed E-state index contributed by atoms with van der Waals surface area (Å²) in [6.45, 7) is 0. The monoisotopic (exact) mass is 230 g/mol. The van der Waals surface area contributed by atoms with Gasteiger partial charge >= 0.3 is 5.97 Å². The molecule has 0 amide bonds. The topological polar surface area (TPSA) is 75.4 Å². The Kier molecular flexibility index (Phi) is 2.11. The van der Waals surface area contributed by atoms with E-state index in [2.05, 4.69) is 10.3 Å². The number of carboxylic acid groups (broad SMARTS) is 1. The molecule has 1 unspecified atom stereocenters. The van der Waals surface area contributed by atoms with Crippen molar-refractivity contribution in [2.75, 3.05) is 5.32 Å². The van der Waals surface area contributed by atoms with Gasteiger partial charge in [-0.15, -0.1) is 0 Å². The smallest absolute Gasteiger partial charge is 0.358 e. The summed E-state index contributed by atoms with van der Waals surface area (Å²) in [7, 11) is 0. The lowest BCUT2D eigenvalue weighted by atomic mass is 10.1. The molecule has 0 saturated carbocycles. The Morgan fingerprint density at radius 2 is 2.29 bits per heavy atom. The lowest BCUT2D eigenvalue weighted by Crippen LogP contribution is -2.10.